The summed E-state index contributed by atoms with van der Waals surface area (Å²) in [5, 5.41) is 11.5. The molecule has 0 unspecified atom stereocenters. The molecule has 0 aliphatic rings. The Morgan fingerprint density at radius 1 is 1.03 bits per heavy atom. The summed E-state index contributed by atoms with van der Waals surface area (Å²) in [6.07, 6.45) is 1.60. The largest absolute Gasteiger partial charge is 0.334 e. The number of anilines is 1. The molecule has 0 aliphatic carbocycles. The quantitative estimate of drug-likeness (QED) is 0.483. The molecular formula is C24H25N5O2. The highest BCUT2D eigenvalue weighted by molar-refractivity contribution is 6.07. The fraction of sp³-hybridized carbons (Fsp3) is 0.250. The normalized spacial score (nSPS) is 11.2. The number of carbonyl (C=O) groups is 1. The topological polar surface area (TPSA) is 85.8 Å². The van der Waals surface area contributed by atoms with E-state index in [9.17, 15) is 4.79 Å². The van der Waals surface area contributed by atoms with E-state index in [0.717, 1.165) is 22.5 Å². The molecule has 0 fully saturated rings. The van der Waals surface area contributed by atoms with Crippen LogP contribution in [0, 0.1) is 20.8 Å². The summed E-state index contributed by atoms with van der Waals surface area (Å²) in [4.78, 5) is 17.7. The third-order valence-corrected chi connectivity index (χ3v) is 5.30. The maximum Gasteiger partial charge on any atom is 0.260 e. The summed E-state index contributed by atoms with van der Waals surface area (Å²) < 4.78 is 7.25. The van der Waals surface area contributed by atoms with Crippen LogP contribution < -0.4 is 5.32 Å². The van der Waals surface area contributed by atoms with Gasteiger partial charge in [0.1, 0.15) is 0 Å². The average molecular weight is 415 g/mol. The molecule has 1 N–H and O–H groups in total. The average Bonchev–Trinajstić information content (AvgIpc) is 3.37. The van der Waals surface area contributed by atoms with E-state index in [1.807, 2.05) is 77.1 Å². The first-order valence-electron chi connectivity index (χ1n) is 10.2. The first kappa shape index (κ1) is 20.5. The predicted octanol–water partition coefficient (Wildman–Crippen LogP) is 5.22. The Morgan fingerprint density at radius 3 is 2.48 bits per heavy atom. The van der Waals surface area contributed by atoms with Crippen LogP contribution in [-0.2, 0) is 0 Å². The van der Waals surface area contributed by atoms with Crippen LogP contribution >= 0.6 is 0 Å². The maximum absolute atomic E-state index is 13.2. The van der Waals surface area contributed by atoms with E-state index in [2.05, 4.69) is 20.6 Å². The van der Waals surface area contributed by atoms with Crippen molar-refractivity contribution in [2.24, 2.45) is 0 Å². The molecule has 0 spiro atoms. The van der Waals surface area contributed by atoms with Gasteiger partial charge in [0.25, 0.3) is 11.8 Å². The van der Waals surface area contributed by atoms with Crippen molar-refractivity contribution in [3.05, 3.63) is 76.9 Å². The van der Waals surface area contributed by atoms with Crippen molar-refractivity contribution in [1.82, 2.24) is 19.9 Å². The molecule has 0 saturated heterocycles. The van der Waals surface area contributed by atoms with Crippen LogP contribution in [-0.4, -0.2) is 25.8 Å². The zero-order valence-corrected chi connectivity index (χ0v) is 18.3. The van der Waals surface area contributed by atoms with Gasteiger partial charge in [-0.3, -0.25) is 4.79 Å². The molecule has 0 aliphatic heterocycles. The van der Waals surface area contributed by atoms with Crippen molar-refractivity contribution in [2.75, 3.05) is 5.32 Å². The molecule has 2 heterocycles. The maximum atomic E-state index is 13.2. The minimum absolute atomic E-state index is 0.148. The molecule has 31 heavy (non-hydrogen) atoms. The van der Waals surface area contributed by atoms with Crippen molar-refractivity contribution in [2.45, 2.75) is 40.5 Å². The third kappa shape index (κ3) is 3.86. The van der Waals surface area contributed by atoms with Crippen LogP contribution in [0.3, 0.4) is 0 Å². The SMILES string of the molecule is Cc1ccccc1-n1ncc(C(=O)Nc2c(C)cccc2-c2nc(C(C)C)no2)c1C. The summed E-state index contributed by atoms with van der Waals surface area (Å²) in [6, 6.07) is 13.6. The monoisotopic (exact) mass is 415 g/mol. The van der Waals surface area contributed by atoms with Gasteiger partial charge in [0.2, 0.25) is 0 Å². The van der Waals surface area contributed by atoms with E-state index >= 15 is 0 Å². The van der Waals surface area contributed by atoms with Crippen LogP contribution in [0.4, 0.5) is 5.69 Å². The second-order valence-electron chi connectivity index (χ2n) is 7.91. The van der Waals surface area contributed by atoms with Gasteiger partial charge < -0.3 is 9.84 Å². The Labute approximate surface area is 181 Å². The van der Waals surface area contributed by atoms with Gasteiger partial charge in [0.05, 0.1) is 34.4 Å². The second-order valence-corrected chi connectivity index (χ2v) is 7.91. The summed E-state index contributed by atoms with van der Waals surface area (Å²) in [7, 11) is 0. The number of benzene rings is 2. The highest BCUT2D eigenvalue weighted by Crippen LogP contribution is 2.31. The minimum Gasteiger partial charge on any atom is -0.334 e. The fourth-order valence-electron chi connectivity index (χ4n) is 3.45. The summed E-state index contributed by atoms with van der Waals surface area (Å²) >= 11 is 0. The predicted molar refractivity (Wildman–Crippen MR) is 120 cm³/mol. The lowest BCUT2D eigenvalue weighted by Gasteiger charge is -2.12. The molecule has 158 valence electrons. The number of amides is 1. The van der Waals surface area contributed by atoms with Crippen molar-refractivity contribution < 1.29 is 9.32 Å². The lowest BCUT2D eigenvalue weighted by Crippen LogP contribution is -2.15. The van der Waals surface area contributed by atoms with Gasteiger partial charge in [-0.15, -0.1) is 0 Å². The second kappa shape index (κ2) is 8.18. The van der Waals surface area contributed by atoms with E-state index in [1.165, 1.54) is 0 Å². The summed E-state index contributed by atoms with van der Waals surface area (Å²) in [5.74, 6) is 0.922. The molecule has 4 aromatic rings. The van der Waals surface area contributed by atoms with Gasteiger partial charge in [-0.25, -0.2) is 4.68 Å². The van der Waals surface area contributed by atoms with Gasteiger partial charge in [0.15, 0.2) is 5.82 Å². The molecule has 2 aromatic carbocycles. The number of aromatic nitrogens is 4. The van der Waals surface area contributed by atoms with Crippen LogP contribution in [0.2, 0.25) is 0 Å². The van der Waals surface area contributed by atoms with Crippen LogP contribution in [0.25, 0.3) is 17.1 Å². The third-order valence-electron chi connectivity index (χ3n) is 5.30. The molecular weight excluding hydrogens is 390 g/mol. The van der Waals surface area contributed by atoms with Crippen molar-refractivity contribution >= 4 is 11.6 Å². The number of aryl methyl sites for hydroxylation is 2. The summed E-state index contributed by atoms with van der Waals surface area (Å²) in [6.45, 7) is 9.85. The van der Waals surface area contributed by atoms with Gasteiger partial charge in [-0.1, -0.05) is 49.3 Å². The van der Waals surface area contributed by atoms with Crippen molar-refractivity contribution in [3.63, 3.8) is 0 Å². The molecule has 0 radical (unpaired) electrons. The van der Waals surface area contributed by atoms with Crippen LogP contribution in [0.1, 0.15) is 52.8 Å². The standard InChI is InChI=1S/C24H25N5O2/c1-14(2)22-27-24(31-28-22)18-11-8-10-16(4)21(18)26-23(30)19-13-25-29(17(19)5)20-12-7-6-9-15(20)3/h6-14H,1-5H3,(H,26,30). The summed E-state index contributed by atoms with van der Waals surface area (Å²) in [5.41, 5.74) is 5.54. The first-order valence-corrected chi connectivity index (χ1v) is 10.2. The molecule has 7 nitrogen and oxygen atoms in total. The molecule has 4 rings (SSSR count). The number of hydrogen-bond donors (Lipinski definition) is 1. The van der Waals surface area contributed by atoms with E-state index in [4.69, 9.17) is 4.52 Å². The zero-order valence-electron chi connectivity index (χ0n) is 18.3. The molecule has 1 amide bonds. The Balaban J connectivity index is 1.68. The van der Waals surface area contributed by atoms with Crippen molar-refractivity contribution in [3.8, 4) is 17.1 Å². The van der Waals surface area contributed by atoms with E-state index in [0.29, 0.717) is 28.5 Å². The molecule has 0 atom stereocenters. The fourth-order valence-corrected chi connectivity index (χ4v) is 3.45. The van der Waals surface area contributed by atoms with Gasteiger partial charge in [-0.2, -0.15) is 10.1 Å². The minimum atomic E-state index is -0.239. The number of rotatable bonds is 5. The molecule has 7 heteroatoms. The highest BCUT2D eigenvalue weighted by Gasteiger charge is 2.21. The van der Waals surface area contributed by atoms with E-state index in [-0.39, 0.29) is 11.8 Å². The molecule has 2 aromatic heterocycles. The Bertz CT molecular complexity index is 1250. The Morgan fingerprint density at radius 2 is 1.77 bits per heavy atom. The van der Waals surface area contributed by atoms with Crippen LogP contribution in [0.5, 0.6) is 0 Å². The smallest absolute Gasteiger partial charge is 0.260 e. The lowest BCUT2D eigenvalue weighted by molar-refractivity contribution is 0.102. The zero-order chi connectivity index (χ0) is 22.1. The van der Waals surface area contributed by atoms with Crippen LogP contribution in [0.15, 0.2) is 53.2 Å². The lowest BCUT2D eigenvalue weighted by atomic mass is 10.1. The first-order chi connectivity index (χ1) is 14.9. The molecule has 0 bridgehead atoms. The van der Waals surface area contributed by atoms with Gasteiger partial charge in [0, 0.05) is 5.92 Å². The van der Waals surface area contributed by atoms with E-state index < -0.39 is 0 Å². The number of para-hydroxylation sites is 2. The Kier molecular flexibility index (Phi) is 5.42. The van der Waals surface area contributed by atoms with Gasteiger partial charge in [-0.05, 0) is 44.0 Å². The number of carbonyl (C=O) groups excluding carboxylic acids is 1. The van der Waals surface area contributed by atoms with Crippen molar-refractivity contribution in [1.29, 1.82) is 0 Å². The Hall–Kier alpha value is -3.74. The highest BCUT2D eigenvalue weighted by atomic mass is 16.5. The number of hydrogen-bond acceptors (Lipinski definition) is 5. The van der Waals surface area contributed by atoms with Gasteiger partial charge >= 0.3 is 0 Å². The number of nitrogens with zero attached hydrogens (tertiary/aromatic N) is 4. The number of nitrogens with one attached hydrogen (secondary N) is 1. The molecule has 0 saturated carbocycles. The van der Waals surface area contributed by atoms with E-state index in [1.54, 1.807) is 10.9 Å².